The van der Waals surface area contributed by atoms with Crippen LogP contribution in [0.5, 0.6) is 0 Å². The van der Waals surface area contributed by atoms with Gasteiger partial charge in [-0.1, -0.05) is 12.8 Å². The van der Waals surface area contributed by atoms with E-state index in [2.05, 4.69) is 10.6 Å². The second-order valence-electron chi connectivity index (χ2n) is 5.43. The van der Waals surface area contributed by atoms with Crippen LogP contribution in [0.4, 0.5) is 0 Å². The maximum Gasteiger partial charge on any atom is 0.332 e. The Morgan fingerprint density at radius 2 is 1.12 bits per heavy atom. The van der Waals surface area contributed by atoms with Gasteiger partial charge in [-0.15, -0.1) is 0 Å². The minimum Gasteiger partial charge on any atom is -0.463 e. The SMILES string of the molecule is CCOC(=O)/C=C(\C)NCCCCCCN/C(C)=C/C(=O)OCC. The lowest BCUT2D eigenvalue weighted by atomic mass is 10.2. The Bertz CT molecular complexity index is 391. The molecule has 6 heteroatoms. The molecule has 0 heterocycles. The molecule has 0 atom stereocenters. The molecule has 0 saturated carbocycles. The quantitative estimate of drug-likeness (QED) is 0.305. The summed E-state index contributed by atoms with van der Waals surface area (Å²) in [6.45, 7) is 9.78. The third-order valence-corrected chi connectivity index (χ3v) is 3.15. The van der Waals surface area contributed by atoms with Crippen molar-refractivity contribution in [3.8, 4) is 0 Å². The number of carbonyl (C=O) groups is 2. The standard InChI is InChI=1S/C18H32N2O4/c1-5-23-17(21)13-15(3)19-11-9-7-8-10-12-20-16(4)14-18(22)24-6-2/h13-14,19-20H,5-12H2,1-4H3/b15-13+,16-14+. The molecule has 0 aromatic heterocycles. The molecule has 0 rings (SSSR count). The zero-order valence-corrected chi connectivity index (χ0v) is 15.4. The number of carbonyl (C=O) groups excluding carboxylic acids is 2. The summed E-state index contributed by atoms with van der Waals surface area (Å²) in [5.41, 5.74) is 1.66. The average molecular weight is 340 g/mol. The van der Waals surface area contributed by atoms with Gasteiger partial charge in [0, 0.05) is 36.6 Å². The van der Waals surface area contributed by atoms with Crippen LogP contribution in [-0.2, 0) is 19.1 Å². The Kier molecular flexibility index (Phi) is 13.4. The number of nitrogens with one attached hydrogen (secondary N) is 2. The van der Waals surface area contributed by atoms with Gasteiger partial charge in [0.05, 0.1) is 13.2 Å². The highest BCUT2D eigenvalue weighted by Crippen LogP contribution is 2.00. The van der Waals surface area contributed by atoms with E-state index in [1.807, 2.05) is 13.8 Å². The summed E-state index contributed by atoms with van der Waals surface area (Å²) in [7, 11) is 0. The minimum atomic E-state index is -0.306. The molecule has 0 aliphatic rings. The third kappa shape index (κ3) is 13.7. The maximum absolute atomic E-state index is 11.2. The predicted octanol–water partition coefficient (Wildman–Crippen LogP) is 2.66. The number of rotatable bonds is 13. The van der Waals surface area contributed by atoms with E-state index in [4.69, 9.17) is 9.47 Å². The molecule has 0 bridgehead atoms. The van der Waals surface area contributed by atoms with Crippen molar-refractivity contribution >= 4 is 11.9 Å². The summed E-state index contributed by atoms with van der Waals surface area (Å²) in [6, 6.07) is 0. The molecule has 2 N–H and O–H groups in total. The van der Waals surface area contributed by atoms with Crippen LogP contribution < -0.4 is 10.6 Å². The van der Waals surface area contributed by atoms with Crippen LogP contribution in [0.3, 0.4) is 0 Å². The molecule has 0 aromatic carbocycles. The smallest absolute Gasteiger partial charge is 0.332 e. The van der Waals surface area contributed by atoms with E-state index in [1.54, 1.807) is 13.8 Å². The molecule has 0 fully saturated rings. The van der Waals surface area contributed by atoms with Crippen LogP contribution in [0.1, 0.15) is 53.4 Å². The molecule has 24 heavy (non-hydrogen) atoms. The van der Waals surface area contributed by atoms with Crippen molar-refractivity contribution in [2.75, 3.05) is 26.3 Å². The van der Waals surface area contributed by atoms with Crippen molar-refractivity contribution in [3.63, 3.8) is 0 Å². The molecule has 0 aliphatic carbocycles. The molecule has 0 spiro atoms. The van der Waals surface area contributed by atoms with Gasteiger partial charge in [-0.05, 0) is 40.5 Å². The highest BCUT2D eigenvalue weighted by Gasteiger charge is 1.99. The molecule has 0 aliphatic heterocycles. The molecule has 138 valence electrons. The Morgan fingerprint density at radius 1 is 0.750 bits per heavy atom. The van der Waals surface area contributed by atoms with Crippen LogP contribution >= 0.6 is 0 Å². The van der Waals surface area contributed by atoms with Gasteiger partial charge in [0.1, 0.15) is 0 Å². The molecule has 0 aromatic rings. The van der Waals surface area contributed by atoms with Gasteiger partial charge in [-0.25, -0.2) is 9.59 Å². The van der Waals surface area contributed by atoms with Gasteiger partial charge in [0.15, 0.2) is 0 Å². The van der Waals surface area contributed by atoms with Crippen LogP contribution in [-0.4, -0.2) is 38.2 Å². The Morgan fingerprint density at radius 3 is 1.46 bits per heavy atom. The summed E-state index contributed by atoms with van der Waals surface area (Å²) in [6.07, 6.45) is 7.28. The first kappa shape index (κ1) is 22.0. The Hall–Kier alpha value is -1.98. The van der Waals surface area contributed by atoms with E-state index in [1.165, 1.54) is 12.2 Å². The third-order valence-electron chi connectivity index (χ3n) is 3.15. The van der Waals surface area contributed by atoms with E-state index >= 15 is 0 Å². The number of ether oxygens (including phenoxy) is 2. The number of allylic oxidation sites excluding steroid dienone is 2. The van der Waals surface area contributed by atoms with E-state index in [-0.39, 0.29) is 11.9 Å². The van der Waals surface area contributed by atoms with Gasteiger partial charge in [0.2, 0.25) is 0 Å². The number of hydrogen-bond donors (Lipinski definition) is 2. The van der Waals surface area contributed by atoms with Gasteiger partial charge in [-0.3, -0.25) is 0 Å². The first-order chi connectivity index (χ1) is 11.5. The van der Waals surface area contributed by atoms with Crippen molar-refractivity contribution in [2.45, 2.75) is 53.4 Å². The Balaban J connectivity index is 3.61. The molecular weight excluding hydrogens is 308 g/mol. The molecule has 0 amide bonds. The minimum absolute atomic E-state index is 0.306. The van der Waals surface area contributed by atoms with E-state index in [9.17, 15) is 9.59 Å². The average Bonchev–Trinajstić information content (AvgIpc) is 2.50. The van der Waals surface area contributed by atoms with Crippen molar-refractivity contribution in [1.29, 1.82) is 0 Å². The maximum atomic E-state index is 11.2. The largest absolute Gasteiger partial charge is 0.463 e. The van der Waals surface area contributed by atoms with E-state index in [0.29, 0.717) is 13.2 Å². The summed E-state index contributed by atoms with van der Waals surface area (Å²) in [5, 5.41) is 6.40. The molecule has 6 nitrogen and oxygen atoms in total. The van der Waals surface area contributed by atoms with Crippen LogP contribution in [0.25, 0.3) is 0 Å². The van der Waals surface area contributed by atoms with Crippen molar-refractivity contribution in [2.24, 2.45) is 0 Å². The zero-order valence-electron chi connectivity index (χ0n) is 15.4. The highest BCUT2D eigenvalue weighted by atomic mass is 16.5. The summed E-state index contributed by atoms with van der Waals surface area (Å²) in [4.78, 5) is 22.5. The zero-order chi connectivity index (χ0) is 18.2. The monoisotopic (exact) mass is 340 g/mol. The number of esters is 2. The fourth-order valence-electron chi connectivity index (χ4n) is 2.00. The van der Waals surface area contributed by atoms with Crippen LogP contribution in [0.2, 0.25) is 0 Å². The van der Waals surface area contributed by atoms with Gasteiger partial charge < -0.3 is 20.1 Å². The number of hydrogen-bond acceptors (Lipinski definition) is 6. The first-order valence-corrected chi connectivity index (χ1v) is 8.67. The fraction of sp³-hybridized carbons (Fsp3) is 0.667. The van der Waals surface area contributed by atoms with E-state index < -0.39 is 0 Å². The fourth-order valence-corrected chi connectivity index (χ4v) is 2.00. The van der Waals surface area contributed by atoms with Gasteiger partial charge >= 0.3 is 11.9 Å². The topological polar surface area (TPSA) is 76.7 Å². The number of unbranched alkanes of at least 4 members (excludes halogenated alkanes) is 3. The molecule has 0 saturated heterocycles. The second-order valence-corrected chi connectivity index (χ2v) is 5.43. The van der Waals surface area contributed by atoms with E-state index in [0.717, 1.165) is 50.2 Å². The van der Waals surface area contributed by atoms with Crippen molar-refractivity contribution in [1.82, 2.24) is 10.6 Å². The lowest BCUT2D eigenvalue weighted by Gasteiger charge is -2.08. The first-order valence-electron chi connectivity index (χ1n) is 8.67. The highest BCUT2D eigenvalue weighted by molar-refractivity contribution is 5.82. The van der Waals surface area contributed by atoms with Crippen LogP contribution in [0.15, 0.2) is 23.5 Å². The normalized spacial score (nSPS) is 11.8. The molecule has 0 radical (unpaired) electrons. The molecule has 0 unspecified atom stereocenters. The summed E-state index contributed by atoms with van der Waals surface area (Å²) >= 11 is 0. The van der Waals surface area contributed by atoms with Gasteiger partial charge in [-0.2, -0.15) is 0 Å². The Labute approximate surface area is 145 Å². The van der Waals surface area contributed by atoms with Gasteiger partial charge in [0.25, 0.3) is 0 Å². The van der Waals surface area contributed by atoms with Crippen molar-refractivity contribution in [3.05, 3.63) is 23.5 Å². The van der Waals surface area contributed by atoms with Crippen LogP contribution in [0, 0.1) is 0 Å². The summed E-state index contributed by atoms with van der Waals surface area (Å²) in [5.74, 6) is -0.611. The predicted molar refractivity (Wildman–Crippen MR) is 95.3 cm³/mol. The second kappa shape index (κ2) is 14.6. The lowest BCUT2D eigenvalue weighted by Crippen LogP contribution is -2.16. The molecular formula is C18H32N2O4. The summed E-state index contributed by atoms with van der Waals surface area (Å²) < 4.78 is 9.69. The van der Waals surface area contributed by atoms with Crippen molar-refractivity contribution < 1.29 is 19.1 Å². The lowest BCUT2D eigenvalue weighted by molar-refractivity contribution is -0.138.